The van der Waals surface area contributed by atoms with Crippen molar-refractivity contribution in [2.24, 2.45) is 0 Å². The fourth-order valence-corrected chi connectivity index (χ4v) is 3.00. The van der Waals surface area contributed by atoms with Gasteiger partial charge in [0.2, 0.25) is 5.91 Å². The third kappa shape index (κ3) is 5.00. The van der Waals surface area contributed by atoms with Crippen LogP contribution in [0, 0.1) is 6.92 Å². The van der Waals surface area contributed by atoms with Gasteiger partial charge in [-0.1, -0.05) is 17.7 Å². The number of rotatable bonds is 7. The number of anilines is 1. The van der Waals surface area contributed by atoms with Crippen LogP contribution in [0.25, 0.3) is 0 Å². The van der Waals surface area contributed by atoms with Crippen LogP contribution in [0.2, 0.25) is 0 Å². The van der Waals surface area contributed by atoms with E-state index in [1.54, 1.807) is 29.2 Å². The lowest BCUT2D eigenvalue weighted by atomic mass is 10.2. The molecule has 0 radical (unpaired) electrons. The standard InChI is InChI=1S/C21H24N2O4/c1-3-26-18-8-10-19(11-9-18)27-14-20(24)22-16-12-21(25)23(13-16)17-6-4-15(2)5-7-17/h4-11,16H,3,12-14H2,1-2H3,(H,22,24)/t16-/m0/s1. The number of carbonyl (C=O) groups excluding carboxylic acids is 2. The van der Waals surface area contributed by atoms with Gasteiger partial charge in [0, 0.05) is 18.7 Å². The minimum atomic E-state index is -0.243. The lowest BCUT2D eigenvalue weighted by molar-refractivity contribution is -0.123. The third-order valence-corrected chi connectivity index (χ3v) is 4.34. The summed E-state index contributed by atoms with van der Waals surface area (Å²) in [6.07, 6.45) is 0.294. The summed E-state index contributed by atoms with van der Waals surface area (Å²) in [5.74, 6) is 1.12. The summed E-state index contributed by atoms with van der Waals surface area (Å²) in [5.41, 5.74) is 2.00. The highest BCUT2D eigenvalue weighted by Crippen LogP contribution is 2.22. The maximum atomic E-state index is 12.2. The minimum absolute atomic E-state index is 0.0107. The molecule has 1 fully saturated rings. The first-order chi connectivity index (χ1) is 13.0. The predicted molar refractivity (Wildman–Crippen MR) is 103 cm³/mol. The van der Waals surface area contributed by atoms with Crippen molar-refractivity contribution in [1.82, 2.24) is 5.32 Å². The van der Waals surface area contributed by atoms with Gasteiger partial charge in [-0.05, 0) is 50.2 Å². The first kappa shape index (κ1) is 18.8. The number of nitrogens with zero attached hydrogens (tertiary/aromatic N) is 1. The van der Waals surface area contributed by atoms with E-state index in [2.05, 4.69) is 5.32 Å². The zero-order valence-corrected chi connectivity index (χ0v) is 15.6. The zero-order chi connectivity index (χ0) is 19.2. The zero-order valence-electron chi connectivity index (χ0n) is 15.6. The third-order valence-electron chi connectivity index (χ3n) is 4.34. The predicted octanol–water partition coefficient (Wildman–Crippen LogP) is 2.69. The molecule has 1 heterocycles. The maximum Gasteiger partial charge on any atom is 0.258 e. The quantitative estimate of drug-likeness (QED) is 0.816. The molecule has 2 amide bonds. The number of hydrogen-bond donors (Lipinski definition) is 1. The second kappa shape index (κ2) is 8.58. The van der Waals surface area contributed by atoms with E-state index in [-0.39, 0.29) is 24.5 Å². The van der Waals surface area contributed by atoms with Crippen LogP contribution in [0.15, 0.2) is 48.5 Å². The maximum absolute atomic E-state index is 12.2. The average molecular weight is 368 g/mol. The molecule has 0 saturated carbocycles. The van der Waals surface area contributed by atoms with E-state index < -0.39 is 0 Å². The molecule has 1 N–H and O–H groups in total. The summed E-state index contributed by atoms with van der Waals surface area (Å²) in [7, 11) is 0. The Hall–Kier alpha value is -3.02. The van der Waals surface area contributed by atoms with E-state index >= 15 is 0 Å². The number of nitrogens with one attached hydrogen (secondary N) is 1. The van der Waals surface area contributed by atoms with Gasteiger partial charge in [0.1, 0.15) is 11.5 Å². The van der Waals surface area contributed by atoms with Crippen molar-refractivity contribution in [2.45, 2.75) is 26.3 Å². The van der Waals surface area contributed by atoms with E-state index in [1.807, 2.05) is 38.1 Å². The molecule has 142 valence electrons. The van der Waals surface area contributed by atoms with Crippen molar-refractivity contribution < 1.29 is 19.1 Å². The van der Waals surface area contributed by atoms with Crippen molar-refractivity contribution in [3.05, 3.63) is 54.1 Å². The van der Waals surface area contributed by atoms with Crippen LogP contribution in [0.1, 0.15) is 18.9 Å². The molecule has 0 unspecified atom stereocenters. The van der Waals surface area contributed by atoms with Crippen LogP contribution in [0.3, 0.4) is 0 Å². The topological polar surface area (TPSA) is 67.9 Å². The van der Waals surface area contributed by atoms with E-state index in [9.17, 15) is 9.59 Å². The smallest absolute Gasteiger partial charge is 0.258 e. The van der Waals surface area contributed by atoms with E-state index in [0.29, 0.717) is 25.3 Å². The molecule has 0 bridgehead atoms. The minimum Gasteiger partial charge on any atom is -0.494 e. The molecule has 2 aromatic rings. The molecule has 3 rings (SSSR count). The number of hydrogen-bond acceptors (Lipinski definition) is 4. The monoisotopic (exact) mass is 368 g/mol. The molecule has 1 aliphatic rings. The number of carbonyl (C=O) groups is 2. The van der Waals surface area contributed by atoms with Gasteiger partial charge in [-0.2, -0.15) is 0 Å². The highest BCUT2D eigenvalue weighted by Gasteiger charge is 2.31. The largest absolute Gasteiger partial charge is 0.494 e. The number of benzene rings is 2. The molecule has 2 aromatic carbocycles. The van der Waals surface area contributed by atoms with Crippen molar-refractivity contribution in [1.29, 1.82) is 0 Å². The Morgan fingerprint density at radius 2 is 1.70 bits per heavy atom. The first-order valence-electron chi connectivity index (χ1n) is 9.07. The first-order valence-corrected chi connectivity index (χ1v) is 9.07. The Balaban J connectivity index is 1.48. The van der Waals surface area contributed by atoms with Gasteiger partial charge in [-0.3, -0.25) is 9.59 Å². The highest BCUT2D eigenvalue weighted by atomic mass is 16.5. The average Bonchev–Trinajstić information content (AvgIpc) is 3.02. The Bertz CT molecular complexity index is 787. The molecule has 6 heteroatoms. The summed E-state index contributed by atoms with van der Waals surface area (Å²) in [4.78, 5) is 26.1. The Labute approximate surface area is 159 Å². The van der Waals surface area contributed by atoms with Crippen LogP contribution in [0.5, 0.6) is 11.5 Å². The van der Waals surface area contributed by atoms with Crippen LogP contribution in [-0.2, 0) is 9.59 Å². The van der Waals surface area contributed by atoms with E-state index in [0.717, 1.165) is 17.0 Å². The van der Waals surface area contributed by atoms with E-state index in [1.165, 1.54) is 0 Å². The van der Waals surface area contributed by atoms with Crippen LogP contribution in [-0.4, -0.2) is 37.6 Å². The lowest BCUT2D eigenvalue weighted by Gasteiger charge is -2.17. The van der Waals surface area contributed by atoms with E-state index in [4.69, 9.17) is 9.47 Å². The molecule has 1 saturated heterocycles. The second-order valence-electron chi connectivity index (χ2n) is 6.50. The molecule has 6 nitrogen and oxygen atoms in total. The van der Waals surface area contributed by atoms with Crippen LogP contribution < -0.4 is 19.7 Å². The lowest BCUT2D eigenvalue weighted by Crippen LogP contribution is -2.39. The molecule has 0 aliphatic carbocycles. The van der Waals surface area contributed by atoms with Gasteiger partial charge < -0.3 is 19.7 Å². The fourth-order valence-electron chi connectivity index (χ4n) is 3.00. The van der Waals surface area contributed by atoms with Gasteiger partial charge in [0.05, 0.1) is 12.6 Å². The molecule has 0 aromatic heterocycles. The summed E-state index contributed by atoms with van der Waals surface area (Å²) in [5, 5.41) is 2.87. The molecule has 27 heavy (non-hydrogen) atoms. The summed E-state index contributed by atoms with van der Waals surface area (Å²) in [6, 6.07) is 14.7. The molecular formula is C21H24N2O4. The highest BCUT2D eigenvalue weighted by molar-refractivity contribution is 5.96. The van der Waals surface area contributed by atoms with Crippen LogP contribution in [0.4, 0.5) is 5.69 Å². The number of amides is 2. The Morgan fingerprint density at radius 1 is 1.07 bits per heavy atom. The van der Waals surface area contributed by atoms with Crippen molar-refractivity contribution in [2.75, 3.05) is 24.7 Å². The molecule has 1 aliphatic heterocycles. The Kier molecular flexibility index (Phi) is 5.96. The van der Waals surface area contributed by atoms with Gasteiger partial charge >= 0.3 is 0 Å². The van der Waals surface area contributed by atoms with Gasteiger partial charge in [0.25, 0.3) is 5.91 Å². The number of ether oxygens (including phenoxy) is 2. The molecular weight excluding hydrogens is 344 g/mol. The van der Waals surface area contributed by atoms with Crippen molar-refractivity contribution in [3.63, 3.8) is 0 Å². The van der Waals surface area contributed by atoms with Crippen LogP contribution >= 0.6 is 0 Å². The van der Waals surface area contributed by atoms with Crippen molar-refractivity contribution in [3.8, 4) is 11.5 Å². The second-order valence-corrected chi connectivity index (χ2v) is 6.50. The molecule has 0 spiro atoms. The number of aryl methyl sites for hydroxylation is 1. The Morgan fingerprint density at radius 3 is 2.33 bits per heavy atom. The molecule has 1 atom stereocenters. The van der Waals surface area contributed by atoms with Crippen molar-refractivity contribution >= 4 is 17.5 Å². The van der Waals surface area contributed by atoms with Gasteiger partial charge in [-0.25, -0.2) is 0 Å². The van der Waals surface area contributed by atoms with Gasteiger partial charge in [0.15, 0.2) is 6.61 Å². The summed E-state index contributed by atoms with van der Waals surface area (Å²) < 4.78 is 10.9. The van der Waals surface area contributed by atoms with Gasteiger partial charge in [-0.15, -0.1) is 0 Å². The summed E-state index contributed by atoms with van der Waals surface area (Å²) in [6.45, 7) is 4.90. The summed E-state index contributed by atoms with van der Waals surface area (Å²) >= 11 is 0. The normalized spacial score (nSPS) is 16.3. The SMILES string of the molecule is CCOc1ccc(OCC(=O)N[C@H]2CC(=O)N(c3ccc(C)cc3)C2)cc1. The fraction of sp³-hybridized carbons (Fsp3) is 0.333.